The summed E-state index contributed by atoms with van der Waals surface area (Å²) < 4.78 is 5.36. The molecule has 0 bridgehead atoms. The molecule has 2 aliphatic rings. The Hall–Kier alpha value is -4.50. The van der Waals surface area contributed by atoms with Crippen LogP contribution in [0, 0.1) is 11.3 Å². The number of nitrogens with two attached hydrogens (primary N) is 1. The van der Waals surface area contributed by atoms with Gasteiger partial charge in [-0.25, -0.2) is 9.69 Å². The Morgan fingerprint density at radius 3 is 2.16 bits per heavy atom. The van der Waals surface area contributed by atoms with Gasteiger partial charge < -0.3 is 21.1 Å². The van der Waals surface area contributed by atoms with E-state index in [-0.39, 0.29) is 30.9 Å². The van der Waals surface area contributed by atoms with Gasteiger partial charge in [-0.3, -0.25) is 15.0 Å². The number of anilines is 1. The monoisotopic (exact) mass is 581 g/mol. The lowest BCUT2D eigenvalue weighted by atomic mass is 9.83. The van der Waals surface area contributed by atoms with Crippen LogP contribution in [-0.4, -0.2) is 35.8 Å². The molecule has 9 nitrogen and oxygen atoms in total. The van der Waals surface area contributed by atoms with Crippen molar-refractivity contribution < 1.29 is 19.1 Å². The van der Waals surface area contributed by atoms with Crippen LogP contribution in [-0.2, 0) is 40.3 Å². The van der Waals surface area contributed by atoms with E-state index in [0.29, 0.717) is 18.5 Å². The van der Waals surface area contributed by atoms with Crippen LogP contribution in [0.4, 0.5) is 10.5 Å². The van der Waals surface area contributed by atoms with Crippen molar-refractivity contribution in [3.8, 4) is 0 Å². The number of carbonyl (C=O) groups excluding carboxylic acids is 3. The molecule has 5 N–H and O–H groups in total. The molecule has 1 atom stereocenters. The maximum atomic E-state index is 13.8. The van der Waals surface area contributed by atoms with Crippen molar-refractivity contribution in [2.24, 2.45) is 11.7 Å². The van der Waals surface area contributed by atoms with Crippen LogP contribution in [0.1, 0.15) is 54.4 Å². The van der Waals surface area contributed by atoms with Crippen molar-refractivity contribution >= 4 is 29.9 Å². The normalized spacial score (nSPS) is 16.4. The number of nitrogens with zero attached hydrogens (tertiary/aromatic N) is 1. The predicted octanol–water partition coefficient (Wildman–Crippen LogP) is 4.61. The first-order valence-electron chi connectivity index (χ1n) is 14.9. The summed E-state index contributed by atoms with van der Waals surface area (Å²) in [7, 11) is 0. The van der Waals surface area contributed by atoms with Gasteiger partial charge in [-0.1, -0.05) is 86.0 Å². The number of hydrogen-bond acceptors (Lipinski definition) is 6. The lowest BCUT2D eigenvalue weighted by Gasteiger charge is -2.33. The van der Waals surface area contributed by atoms with Crippen molar-refractivity contribution in [1.82, 2.24) is 10.6 Å². The maximum Gasteiger partial charge on any atom is 0.420 e. The lowest BCUT2D eigenvalue weighted by molar-refractivity contribution is -0.134. The Kier molecular flexibility index (Phi) is 9.51. The van der Waals surface area contributed by atoms with Gasteiger partial charge in [0.1, 0.15) is 12.1 Å². The Bertz CT molecular complexity index is 1410. The minimum Gasteiger partial charge on any atom is -0.444 e. The molecular formula is C34H39N5O4. The van der Waals surface area contributed by atoms with E-state index >= 15 is 0 Å². The molecule has 1 fully saturated rings. The third kappa shape index (κ3) is 7.11. The van der Waals surface area contributed by atoms with Gasteiger partial charge in [0.15, 0.2) is 0 Å². The number of carbonyl (C=O) groups is 3. The Labute approximate surface area is 252 Å². The van der Waals surface area contributed by atoms with Gasteiger partial charge in [-0.05, 0) is 53.1 Å². The number of nitrogens with one attached hydrogen (secondary N) is 3. The Balaban J connectivity index is 1.22. The molecule has 3 aromatic carbocycles. The van der Waals surface area contributed by atoms with E-state index in [1.807, 2.05) is 54.6 Å². The summed E-state index contributed by atoms with van der Waals surface area (Å²) in [5.41, 5.74) is 9.50. The number of hydrogen-bond donors (Lipinski definition) is 4. The van der Waals surface area contributed by atoms with Crippen molar-refractivity contribution in [3.63, 3.8) is 0 Å². The van der Waals surface area contributed by atoms with E-state index in [4.69, 9.17) is 15.9 Å². The molecular weight excluding hydrogens is 542 g/mol. The third-order valence-corrected chi connectivity index (χ3v) is 8.56. The number of rotatable bonds is 10. The highest BCUT2D eigenvalue weighted by atomic mass is 16.6. The summed E-state index contributed by atoms with van der Waals surface area (Å²) in [6.45, 7) is 0.326. The molecule has 0 spiro atoms. The predicted molar refractivity (Wildman–Crippen MR) is 165 cm³/mol. The number of fused-ring (bicyclic) bond motifs is 1. The highest BCUT2D eigenvalue weighted by Crippen LogP contribution is 2.32. The van der Waals surface area contributed by atoms with E-state index in [9.17, 15) is 14.4 Å². The van der Waals surface area contributed by atoms with Crippen LogP contribution in [0.3, 0.4) is 0 Å². The van der Waals surface area contributed by atoms with Crippen molar-refractivity contribution in [1.29, 1.82) is 5.41 Å². The van der Waals surface area contributed by atoms with Crippen LogP contribution in [0.15, 0.2) is 78.9 Å². The van der Waals surface area contributed by atoms with Gasteiger partial charge >= 0.3 is 6.09 Å². The summed E-state index contributed by atoms with van der Waals surface area (Å²) in [6, 6.07) is 23.5. The molecule has 9 heteroatoms. The van der Waals surface area contributed by atoms with Gasteiger partial charge in [0.2, 0.25) is 11.8 Å². The highest BCUT2D eigenvalue weighted by molar-refractivity contribution is 6.04. The molecule has 1 saturated carbocycles. The highest BCUT2D eigenvalue weighted by Gasteiger charge is 2.46. The summed E-state index contributed by atoms with van der Waals surface area (Å²) >= 11 is 0. The average Bonchev–Trinajstić information content (AvgIpc) is 3.43. The molecule has 3 aromatic rings. The van der Waals surface area contributed by atoms with E-state index < -0.39 is 17.7 Å². The Morgan fingerprint density at radius 1 is 0.907 bits per heavy atom. The van der Waals surface area contributed by atoms with Crippen LogP contribution < -0.4 is 21.3 Å². The fourth-order valence-electron chi connectivity index (χ4n) is 6.09. The smallest absolute Gasteiger partial charge is 0.420 e. The zero-order chi connectivity index (χ0) is 30.2. The largest absolute Gasteiger partial charge is 0.444 e. The summed E-state index contributed by atoms with van der Waals surface area (Å²) in [5.74, 6) is -0.403. The average molecular weight is 582 g/mol. The van der Waals surface area contributed by atoms with E-state index in [1.54, 1.807) is 24.3 Å². The first-order valence-corrected chi connectivity index (χ1v) is 14.9. The molecule has 0 heterocycles. The van der Waals surface area contributed by atoms with Crippen molar-refractivity contribution in [2.75, 3.05) is 4.90 Å². The van der Waals surface area contributed by atoms with E-state index in [2.05, 4.69) is 10.6 Å². The van der Waals surface area contributed by atoms with E-state index in [1.165, 1.54) is 6.42 Å². The second-order valence-corrected chi connectivity index (χ2v) is 11.5. The summed E-state index contributed by atoms with van der Waals surface area (Å²) in [6.07, 6.45) is 6.24. The Morgan fingerprint density at radius 2 is 1.53 bits per heavy atom. The molecule has 43 heavy (non-hydrogen) atoms. The third-order valence-electron chi connectivity index (χ3n) is 8.56. The molecule has 0 radical (unpaired) electrons. The first kappa shape index (κ1) is 30.0. The fourth-order valence-corrected chi connectivity index (χ4v) is 6.09. The zero-order valence-electron chi connectivity index (χ0n) is 24.3. The first-order chi connectivity index (χ1) is 20.9. The molecule has 0 unspecified atom stereocenters. The second kappa shape index (κ2) is 13.6. The van der Waals surface area contributed by atoms with Crippen LogP contribution >= 0.6 is 0 Å². The van der Waals surface area contributed by atoms with Gasteiger partial charge in [0, 0.05) is 19.4 Å². The van der Waals surface area contributed by atoms with Crippen LogP contribution in [0.25, 0.3) is 0 Å². The van der Waals surface area contributed by atoms with Gasteiger partial charge in [0.05, 0.1) is 18.1 Å². The van der Waals surface area contributed by atoms with Crippen LogP contribution in [0.5, 0.6) is 0 Å². The number of benzene rings is 3. The molecule has 5 rings (SSSR count). The molecule has 2 aliphatic carbocycles. The SMILES string of the molecule is N=CN(C(=O)OCc1ccccc1)c1ccc(CNC(=O)C2(NC(=O)[C@H](N)C3CCCCC3)Cc3ccccc3C2)cc1. The molecule has 0 aromatic heterocycles. The second-order valence-electron chi connectivity index (χ2n) is 11.5. The lowest BCUT2D eigenvalue weighted by Crippen LogP contribution is -2.63. The van der Waals surface area contributed by atoms with Crippen LogP contribution in [0.2, 0.25) is 0 Å². The van der Waals surface area contributed by atoms with Gasteiger partial charge in [-0.15, -0.1) is 0 Å². The summed E-state index contributed by atoms with van der Waals surface area (Å²) in [5, 5.41) is 13.8. The molecule has 0 aliphatic heterocycles. The summed E-state index contributed by atoms with van der Waals surface area (Å²) in [4.78, 5) is 40.9. The quantitative estimate of drug-likeness (QED) is 0.205. The molecule has 3 amide bonds. The number of amides is 3. The van der Waals surface area contributed by atoms with E-state index in [0.717, 1.165) is 59.2 Å². The minimum atomic E-state index is -1.12. The zero-order valence-corrected chi connectivity index (χ0v) is 24.3. The number of ether oxygens (including phenoxy) is 1. The topological polar surface area (TPSA) is 138 Å². The van der Waals surface area contributed by atoms with Gasteiger partial charge in [-0.2, -0.15) is 0 Å². The standard InChI is InChI=1S/C34H39N5O4/c35-23-39(33(42)43-22-25-9-3-1-4-10-25)29-17-15-24(16-18-29)21-37-32(41)34(19-27-13-7-8-14-28(27)20-34)38-31(40)30(36)26-11-5-2-6-12-26/h1,3-4,7-10,13-18,23,26,30,35H,2,5-6,11-12,19-22,36H2,(H,37,41)(H,38,40)/t30-/m1/s1. The van der Waals surface area contributed by atoms with Gasteiger partial charge in [0.25, 0.3) is 0 Å². The minimum absolute atomic E-state index is 0.0991. The van der Waals surface area contributed by atoms with Crippen molar-refractivity contribution in [3.05, 3.63) is 101 Å². The maximum absolute atomic E-state index is 13.8. The molecule has 0 saturated heterocycles. The van der Waals surface area contributed by atoms with Crippen molar-refractivity contribution in [2.45, 2.75) is 69.7 Å². The molecule has 224 valence electrons. The fraction of sp³-hybridized carbons (Fsp3) is 0.353.